The summed E-state index contributed by atoms with van der Waals surface area (Å²) in [5.41, 5.74) is 4.59. The number of sulfone groups is 1. The van der Waals surface area contributed by atoms with E-state index in [2.05, 4.69) is 13.0 Å². The lowest BCUT2D eigenvalue weighted by molar-refractivity contribution is 0.297. The van der Waals surface area contributed by atoms with Crippen molar-refractivity contribution in [1.29, 1.82) is 5.26 Å². The minimum atomic E-state index is -3.29. The standard InChI is InChI=1S/C24H24N2O3S/c1-4-5-14-29-24-20(16-25)15-22(18-10-12-21(13-11-18)30(3,27)28)23(26-24)19-8-6-17(2)7-9-19/h6-13,15H,4-5,14H2,1-3H3. The molecule has 1 aromatic heterocycles. The fourth-order valence-corrected chi connectivity index (χ4v) is 3.66. The minimum absolute atomic E-state index is 0.246. The molecule has 6 heteroatoms. The first-order valence-electron chi connectivity index (χ1n) is 9.79. The average molecular weight is 421 g/mol. The van der Waals surface area contributed by atoms with Crippen molar-refractivity contribution in [2.24, 2.45) is 0 Å². The fourth-order valence-electron chi connectivity index (χ4n) is 3.03. The highest BCUT2D eigenvalue weighted by atomic mass is 32.2. The van der Waals surface area contributed by atoms with Crippen molar-refractivity contribution >= 4 is 9.84 Å². The summed E-state index contributed by atoms with van der Waals surface area (Å²) in [7, 11) is -3.29. The number of hydrogen-bond acceptors (Lipinski definition) is 5. The van der Waals surface area contributed by atoms with Gasteiger partial charge in [0.25, 0.3) is 0 Å². The summed E-state index contributed by atoms with van der Waals surface area (Å²) in [6.07, 6.45) is 3.04. The number of rotatable bonds is 7. The zero-order chi connectivity index (χ0) is 21.7. The number of aromatic nitrogens is 1. The van der Waals surface area contributed by atoms with Gasteiger partial charge in [-0.2, -0.15) is 5.26 Å². The van der Waals surface area contributed by atoms with Crippen LogP contribution in [0.25, 0.3) is 22.4 Å². The quantitative estimate of drug-likeness (QED) is 0.492. The van der Waals surface area contributed by atoms with Gasteiger partial charge in [0.2, 0.25) is 5.88 Å². The molecule has 5 nitrogen and oxygen atoms in total. The molecule has 0 saturated heterocycles. The van der Waals surface area contributed by atoms with Gasteiger partial charge in [-0.25, -0.2) is 13.4 Å². The highest BCUT2D eigenvalue weighted by Crippen LogP contribution is 2.35. The second-order valence-electron chi connectivity index (χ2n) is 7.21. The maximum atomic E-state index is 11.8. The number of hydrogen-bond donors (Lipinski definition) is 0. The molecule has 3 aromatic rings. The van der Waals surface area contributed by atoms with Crippen LogP contribution in [0.1, 0.15) is 30.9 Å². The topological polar surface area (TPSA) is 80.0 Å². The van der Waals surface area contributed by atoms with Crippen LogP contribution in [-0.2, 0) is 9.84 Å². The monoisotopic (exact) mass is 420 g/mol. The highest BCUT2D eigenvalue weighted by Gasteiger charge is 2.17. The fraction of sp³-hybridized carbons (Fsp3) is 0.250. The Bertz CT molecular complexity index is 1180. The molecule has 3 rings (SSSR count). The second-order valence-corrected chi connectivity index (χ2v) is 9.23. The lowest BCUT2D eigenvalue weighted by Gasteiger charge is -2.14. The number of ether oxygens (including phenoxy) is 1. The van der Waals surface area contributed by atoms with Crippen LogP contribution in [0, 0.1) is 18.3 Å². The zero-order valence-corrected chi connectivity index (χ0v) is 18.2. The Morgan fingerprint density at radius 2 is 1.67 bits per heavy atom. The Morgan fingerprint density at radius 1 is 1.03 bits per heavy atom. The molecule has 1 heterocycles. The van der Waals surface area contributed by atoms with Crippen LogP contribution in [0.15, 0.2) is 59.5 Å². The van der Waals surface area contributed by atoms with Crippen LogP contribution >= 0.6 is 0 Å². The molecule has 0 saturated carbocycles. The van der Waals surface area contributed by atoms with Crippen LogP contribution in [0.4, 0.5) is 0 Å². The molecule has 0 radical (unpaired) electrons. The van der Waals surface area contributed by atoms with Crippen LogP contribution in [-0.4, -0.2) is 26.3 Å². The van der Waals surface area contributed by atoms with E-state index >= 15 is 0 Å². The molecule has 0 spiro atoms. The van der Waals surface area contributed by atoms with Crippen LogP contribution in [0.5, 0.6) is 5.88 Å². The third kappa shape index (κ3) is 4.87. The first-order valence-corrected chi connectivity index (χ1v) is 11.7. The lowest BCUT2D eigenvalue weighted by atomic mass is 9.97. The molecule has 0 unspecified atom stereocenters. The number of aryl methyl sites for hydroxylation is 1. The van der Waals surface area contributed by atoms with Gasteiger partial charge in [0.15, 0.2) is 9.84 Å². The largest absolute Gasteiger partial charge is 0.477 e. The number of nitriles is 1. The molecule has 0 aliphatic carbocycles. The third-order valence-electron chi connectivity index (χ3n) is 4.76. The van der Waals surface area contributed by atoms with Gasteiger partial charge in [-0.3, -0.25) is 0 Å². The van der Waals surface area contributed by atoms with Crippen molar-refractivity contribution in [1.82, 2.24) is 4.98 Å². The Kier molecular flexibility index (Phi) is 6.53. The zero-order valence-electron chi connectivity index (χ0n) is 17.3. The van der Waals surface area contributed by atoms with Gasteiger partial charge in [0.05, 0.1) is 17.2 Å². The molecule has 0 bridgehead atoms. The van der Waals surface area contributed by atoms with E-state index < -0.39 is 9.84 Å². The Balaban J connectivity index is 2.17. The van der Waals surface area contributed by atoms with E-state index in [0.29, 0.717) is 23.7 Å². The summed E-state index contributed by atoms with van der Waals surface area (Å²) in [6, 6.07) is 18.5. The molecule has 30 heavy (non-hydrogen) atoms. The summed E-state index contributed by atoms with van der Waals surface area (Å²) >= 11 is 0. The predicted octanol–water partition coefficient (Wildman–Crippen LogP) is 5.18. The van der Waals surface area contributed by atoms with Crippen LogP contribution in [0.3, 0.4) is 0 Å². The smallest absolute Gasteiger partial charge is 0.232 e. The normalized spacial score (nSPS) is 11.1. The van der Waals surface area contributed by atoms with Gasteiger partial charge in [-0.15, -0.1) is 0 Å². The maximum absolute atomic E-state index is 11.8. The molecular formula is C24H24N2O3S. The second kappa shape index (κ2) is 9.10. The Hall–Kier alpha value is -3.17. The molecule has 0 aliphatic heterocycles. The molecular weight excluding hydrogens is 396 g/mol. The number of unbranched alkanes of at least 4 members (excludes halogenated alkanes) is 1. The van der Waals surface area contributed by atoms with Crippen LogP contribution in [0.2, 0.25) is 0 Å². The van der Waals surface area contributed by atoms with E-state index in [1.807, 2.05) is 31.2 Å². The van der Waals surface area contributed by atoms with E-state index in [1.54, 1.807) is 30.3 Å². The molecule has 0 atom stereocenters. The van der Waals surface area contributed by atoms with Gasteiger partial charge in [0, 0.05) is 17.4 Å². The molecule has 0 aliphatic rings. The number of benzene rings is 2. The first kappa shape index (κ1) is 21.5. The lowest BCUT2D eigenvalue weighted by Crippen LogP contribution is -2.03. The van der Waals surface area contributed by atoms with E-state index in [-0.39, 0.29) is 4.90 Å². The van der Waals surface area contributed by atoms with Crippen molar-refractivity contribution in [2.45, 2.75) is 31.6 Å². The molecule has 0 amide bonds. The highest BCUT2D eigenvalue weighted by molar-refractivity contribution is 7.90. The first-order chi connectivity index (χ1) is 14.3. The van der Waals surface area contributed by atoms with Crippen molar-refractivity contribution in [2.75, 3.05) is 12.9 Å². The summed E-state index contributed by atoms with van der Waals surface area (Å²) in [5.74, 6) is 0.318. The van der Waals surface area contributed by atoms with Gasteiger partial charge < -0.3 is 4.74 Å². The van der Waals surface area contributed by atoms with Gasteiger partial charge in [0.1, 0.15) is 11.6 Å². The van der Waals surface area contributed by atoms with Gasteiger partial charge in [-0.05, 0) is 37.1 Å². The van der Waals surface area contributed by atoms with Gasteiger partial charge in [-0.1, -0.05) is 55.3 Å². The summed E-state index contributed by atoms with van der Waals surface area (Å²) in [4.78, 5) is 4.95. The van der Waals surface area contributed by atoms with Crippen molar-refractivity contribution in [3.05, 3.63) is 65.7 Å². The van der Waals surface area contributed by atoms with E-state index in [0.717, 1.165) is 35.1 Å². The third-order valence-corrected chi connectivity index (χ3v) is 5.89. The van der Waals surface area contributed by atoms with Crippen molar-refractivity contribution in [3.63, 3.8) is 0 Å². The van der Waals surface area contributed by atoms with Crippen molar-refractivity contribution in [3.8, 4) is 34.3 Å². The molecule has 0 fully saturated rings. The Morgan fingerprint density at radius 3 is 2.23 bits per heavy atom. The number of pyridine rings is 1. The number of nitrogens with zero attached hydrogens (tertiary/aromatic N) is 2. The molecule has 154 valence electrons. The minimum Gasteiger partial charge on any atom is -0.477 e. The Labute approximate surface area is 177 Å². The molecule has 0 N–H and O–H groups in total. The SMILES string of the molecule is CCCCOc1nc(-c2ccc(C)cc2)c(-c2ccc(S(C)(=O)=O)cc2)cc1C#N. The van der Waals surface area contributed by atoms with Crippen molar-refractivity contribution < 1.29 is 13.2 Å². The van der Waals surface area contributed by atoms with E-state index in [4.69, 9.17) is 9.72 Å². The van der Waals surface area contributed by atoms with Gasteiger partial charge >= 0.3 is 0 Å². The summed E-state index contributed by atoms with van der Waals surface area (Å²) in [5, 5.41) is 9.65. The average Bonchev–Trinajstić information content (AvgIpc) is 2.73. The molecule has 2 aromatic carbocycles. The van der Waals surface area contributed by atoms with E-state index in [1.165, 1.54) is 6.26 Å². The van der Waals surface area contributed by atoms with Crippen LogP contribution < -0.4 is 4.74 Å². The summed E-state index contributed by atoms with van der Waals surface area (Å²) < 4.78 is 29.4. The van der Waals surface area contributed by atoms with E-state index in [9.17, 15) is 13.7 Å². The maximum Gasteiger partial charge on any atom is 0.232 e. The summed E-state index contributed by atoms with van der Waals surface area (Å²) in [6.45, 7) is 4.58. The predicted molar refractivity (Wildman–Crippen MR) is 118 cm³/mol.